The molecule has 1 fully saturated rings. The van der Waals surface area contributed by atoms with Crippen molar-refractivity contribution in [2.45, 2.75) is 16.1 Å². The summed E-state index contributed by atoms with van der Waals surface area (Å²) in [6.07, 6.45) is 3.17. The van der Waals surface area contributed by atoms with E-state index >= 15 is 0 Å². The van der Waals surface area contributed by atoms with Gasteiger partial charge in [0.2, 0.25) is 5.13 Å². The summed E-state index contributed by atoms with van der Waals surface area (Å²) in [5.74, 6) is -0.570. The van der Waals surface area contributed by atoms with Crippen LogP contribution in [0.15, 0.2) is 89.0 Å². The lowest BCUT2D eigenvalue weighted by molar-refractivity contribution is -0.132. The van der Waals surface area contributed by atoms with Crippen LogP contribution in [0.3, 0.4) is 0 Å². The van der Waals surface area contributed by atoms with E-state index in [0.29, 0.717) is 27.0 Å². The molecule has 1 atom stereocenters. The molecule has 0 spiro atoms. The maximum atomic E-state index is 13.2. The first-order valence-electron chi connectivity index (χ1n) is 10.9. The molecule has 0 saturated carbocycles. The van der Waals surface area contributed by atoms with Crippen molar-refractivity contribution in [2.75, 3.05) is 12.0 Å². The Labute approximate surface area is 215 Å². The van der Waals surface area contributed by atoms with E-state index in [1.807, 2.05) is 30.3 Å². The Morgan fingerprint density at radius 3 is 2.53 bits per heavy atom. The molecule has 3 heterocycles. The van der Waals surface area contributed by atoms with Crippen molar-refractivity contribution in [1.29, 1.82) is 0 Å². The number of pyridine rings is 1. The van der Waals surface area contributed by atoms with Crippen LogP contribution < -0.4 is 9.64 Å². The summed E-state index contributed by atoms with van der Waals surface area (Å²) in [4.78, 5) is 31.9. The topological polar surface area (TPSA) is 106 Å². The minimum absolute atomic E-state index is 0.0353. The Morgan fingerprint density at radius 1 is 1.06 bits per heavy atom. The predicted octanol–water partition coefficient (Wildman–Crippen LogP) is 4.86. The Kier molecular flexibility index (Phi) is 6.79. The largest absolute Gasteiger partial charge is 0.507 e. The molecule has 10 heteroatoms. The number of hydrogen-bond donors (Lipinski definition) is 1. The van der Waals surface area contributed by atoms with Crippen LogP contribution in [0.2, 0.25) is 0 Å². The van der Waals surface area contributed by atoms with Crippen molar-refractivity contribution in [3.8, 4) is 5.75 Å². The number of aliphatic hydroxyl groups is 1. The second-order valence-electron chi connectivity index (χ2n) is 7.81. The Bertz CT molecular complexity index is 1420. The summed E-state index contributed by atoms with van der Waals surface area (Å²) in [7, 11) is 1.54. The normalized spacial score (nSPS) is 16.9. The lowest BCUT2D eigenvalue weighted by atomic mass is 9.96. The van der Waals surface area contributed by atoms with E-state index in [-0.39, 0.29) is 16.5 Å². The fourth-order valence-corrected chi connectivity index (χ4v) is 5.69. The van der Waals surface area contributed by atoms with Gasteiger partial charge in [-0.05, 0) is 41.5 Å². The van der Waals surface area contributed by atoms with E-state index in [1.54, 1.807) is 48.8 Å². The van der Waals surface area contributed by atoms with Crippen LogP contribution in [0.5, 0.6) is 5.75 Å². The molecule has 0 radical (unpaired) electrons. The standard InChI is InChI=1S/C26H20N4O4S2/c1-34-19-11-9-17(10-12-19)22(31)20-21(18-8-5-13-27-14-18)30(24(33)23(20)32)25-28-29-26(36-25)35-15-16-6-3-2-4-7-16/h2-14,21,31H,15H2,1H3/t21-/m0/s1. The number of Topliss-reactive ketones (excluding diaryl/α,β-unsaturated/α-hetero) is 1. The highest BCUT2D eigenvalue weighted by Crippen LogP contribution is 2.43. The van der Waals surface area contributed by atoms with Crippen LogP contribution in [-0.4, -0.2) is 39.1 Å². The van der Waals surface area contributed by atoms with Crippen LogP contribution >= 0.6 is 23.1 Å². The van der Waals surface area contributed by atoms with Gasteiger partial charge >= 0.3 is 5.91 Å². The summed E-state index contributed by atoms with van der Waals surface area (Å²) in [5, 5.41) is 19.9. The molecular formula is C26H20N4O4S2. The van der Waals surface area contributed by atoms with Crippen LogP contribution in [0, 0.1) is 0 Å². The average molecular weight is 517 g/mol. The molecule has 8 nitrogen and oxygen atoms in total. The molecule has 4 aromatic rings. The molecule has 36 heavy (non-hydrogen) atoms. The van der Waals surface area contributed by atoms with Gasteiger partial charge in [0.05, 0.1) is 18.7 Å². The molecular weight excluding hydrogens is 496 g/mol. The first-order valence-corrected chi connectivity index (χ1v) is 12.7. The molecule has 1 aliphatic rings. The van der Waals surface area contributed by atoms with Crippen molar-refractivity contribution in [3.05, 3.63) is 101 Å². The molecule has 1 amide bonds. The summed E-state index contributed by atoms with van der Waals surface area (Å²) < 4.78 is 5.84. The number of methoxy groups -OCH3 is 1. The first-order chi connectivity index (χ1) is 17.6. The quantitative estimate of drug-likeness (QED) is 0.122. The van der Waals surface area contributed by atoms with Crippen molar-refractivity contribution in [1.82, 2.24) is 15.2 Å². The summed E-state index contributed by atoms with van der Waals surface area (Å²) in [6.45, 7) is 0. The van der Waals surface area contributed by atoms with Crippen LogP contribution in [-0.2, 0) is 15.3 Å². The number of benzene rings is 2. The van der Waals surface area contributed by atoms with Gasteiger partial charge in [0.25, 0.3) is 5.78 Å². The number of ketones is 1. The fourth-order valence-electron chi connectivity index (χ4n) is 3.86. The maximum Gasteiger partial charge on any atom is 0.301 e. The summed E-state index contributed by atoms with van der Waals surface area (Å²) >= 11 is 2.72. The molecule has 1 aliphatic heterocycles. The number of nitrogens with zero attached hydrogens (tertiary/aromatic N) is 4. The van der Waals surface area contributed by atoms with Gasteiger partial charge < -0.3 is 9.84 Å². The molecule has 180 valence electrons. The molecule has 0 unspecified atom stereocenters. The van der Waals surface area contributed by atoms with Crippen molar-refractivity contribution >= 4 is 45.7 Å². The lowest BCUT2D eigenvalue weighted by Crippen LogP contribution is -2.29. The fraction of sp³-hybridized carbons (Fsp3) is 0.115. The Balaban J connectivity index is 1.53. The van der Waals surface area contributed by atoms with Crippen LogP contribution in [0.25, 0.3) is 5.76 Å². The summed E-state index contributed by atoms with van der Waals surface area (Å²) in [6, 6.07) is 19.1. The van der Waals surface area contributed by atoms with Crippen molar-refractivity contribution in [2.24, 2.45) is 0 Å². The zero-order valence-electron chi connectivity index (χ0n) is 19.1. The third-order valence-electron chi connectivity index (χ3n) is 5.62. The maximum absolute atomic E-state index is 13.2. The number of hydrogen-bond acceptors (Lipinski definition) is 9. The number of carbonyl (C=O) groups is 2. The minimum Gasteiger partial charge on any atom is -0.507 e. The number of anilines is 1. The number of ether oxygens (including phenoxy) is 1. The van der Waals surface area contributed by atoms with Gasteiger partial charge in [0.15, 0.2) is 4.34 Å². The van der Waals surface area contributed by atoms with Crippen molar-refractivity contribution < 1.29 is 19.4 Å². The number of aromatic nitrogens is 3. The molecule has 5 rings (SSSR count). The highest BCUT2D eigenvalue weighted by Gasteiger charge is 2.48. The molecule has 0 bridgehead atoms. The summed E-state index contributed by atoms with van der Waals surface area (Å²) in [5.41, 5.74) is 2.06. The number of aliphatic hydroxyl groups excluding tert-OH is 1. The minimum atomic E-state index is -0.902. The third kappa shape index (κ3) is 4.60. The molecule has 2 aromatic heterocycles. The second-order valence-corrected chi connectivity index (χ2v) is 9.99. The molecule has 2 aromatic carbocycles. The van der Waals surface area contributed by atoms with Gasteiger partial charge in [-0.3, -0.25) is 19.5 Å². The van der Waals surface area contributed by atoms with Gasteiger partial charge in [-0.2, -0.15) is 0 Å². The second kappa shape index (κ2) is 10.3. The van der Waals surface area contributed by atoms with Crippen molar-refractivity contribution in [3.63, 3.8) is 0 Å². The van der Waals surface area contributed by atoms with Gasteiger partial charge in [-0.1, -0.05) is 59.5 Å². The van der Waals surface area contributed by atoms with E-state index in [1.165, 1.54) is 35.1 Å². The van der Waals surface area contributed by atoms with Gasteiger partial charge in [-0.25, -0.2) is 0 Å². The van der Waals surface area contributed by atoms with E-state index < -0.39 is 17.7 Å². The number of rotatable bonds is 7. The van der Waals surface area contributed by atoms with E-state index in [4.69, 9.17) is 4.74 Å². The van der Waals surface area contributed by atoms with Gasteiger partial charge in [-0.15, -0.1) is 10.2 Å². The predicted molar refractivity (Wildman–Crippen MR) is 138 cm³/mol. The smallest absolute Gasteiger partial charge is 0.301 e. The number of carbonyl (C=O) groups excluding carboxylic acids is 2. The SMILES string of the molecule is COc1ccc(C(O)=C2C(=O)C(=O)N(c3nnc(SCc4ccccc4)s3)[C@H]2c2cccnc2)cc1. The number of thioether (sulfide) groups is 1. The first kappa shape index (κ1) is 23.7. The zero-order chi connectivity index (χ0) is 25.1. The van der Waals surface area contributed by atoms with E-state index in [9.17, 15) is 14.7 Å². The molecule has 0 aliphatic carbocycles. The molecule has 1 saturated heterocycles. The van der Waals surface area contributed by atoms with Gasteiger partial charge in [0.1, 0.15) is 11.5 Å². The third-order valence-corrected chi connectivity index (χ3v) is 7.74. The zero-order valence-corrected chi connectivity index (χ0v) is 20.7. The highest BCUT2D eigenvalue weighted by molar-refractivity contribution is 8.00. The average Bonchev–Trinajstić information content (AvgIpc) is 3.50. The van der Waals surface area contributed by atoms with Crippen LogP contribution in [0.4, 0.5) is 5.13 Å². The van der Waals surface area contributed by atoms with Crippen LogP contribution in [0.1, 0.15) is 22.7 Å². The number of amides is 1. The van der Waals surface area contributed by atoms with E-state index in [0.717, 1.165) is 5.56 Å². The van der Waals surface area contributed by atoms with E-state index in [2.05, 4.69) is 15.2 Å². The highest BCUT2D eigenvalue weighted by atomic mass is 32.2. The monoisotopic (exact) mass is 516 g/mol. The lowest BCUT2D eigenvalue weighted by Gasteiger charge is -2.22. The van der Waals surface area contributed by atoms with Gasteiger partial charge in [0, 0.05) is 23.7 Å². The molecule has 1 N–H and O–H groups in total. The Morgan fingerprint density at radius 2 is 1.83 bits per heavy atom. The Hall–Kier alpha value is -4.02.